The van der Waals surface area contributed by atoms with E-state index in [9.17, 15) is 0 Å². The molecule has 0 radical (unpaired) electrons. The minimum atomic E-state index is -0.436. The van der Waals surface area contributed by atoms with Crippen LogP contribution in [-0.4, -0.2) is 43.8 Å². The molecule has 2 saturated heterocycles. The summed E-state index contributed by atoms with van der Waals surface area (Å²) in [7, 11) is 0. The van der Waals surface area contributed by atoms with Crippen molar-refractivity contribution in [3.05, 3.63) is 0 Å². The summed E-state index contributed by atoms with van der Waals surface area (Å²) in [4.78, 5) is 0. The summed E-state index contributed by atoms with van der Waals surface area (Å²) in [5.41, 5.74) is 0. The first-order valence-corrected chi connectivity index (χ1v) is 6.40. The molecular formula is C12H27NO3. The molecule has 2 unspecified atom stereocenters. The van der Waals surface area contributed by atoms with Gasteiger partial charge in [-0.1, -0.05) is 13.8 Å². The fourth-order valence-electron chi connectivity index (χ4n) is 1.45. The second-order valence-electron chi connectivity index (χ2n) is 3.72. The van der Waals surface area contributed by atoms with Gasteiger partial charge in [-0.05, 0) is 26.2 Å². The molecular weight excluding hydrogens is 206 g/mol. The molecule has 0 saturated carbocycles. The van der Waals surface area contributed by atoms with Crippen molar-refractivity contribution < 1.29 is 14.6 Å². The van der Waals surface area contributed by atoms with Gasteiger partial charge in [0.2, 0.25) is 0 Å². The van der Waals surface area contributed by atoms with Crippen LogP contribution in [0, 0.1) is 0 Å². The van der Waals surface area contributed by atoms with Gasteiger partial charge >= 0.3 is 0 Å². The minimum absolute atomic E-state index is 0.431. The lowest BCUT2D eigenvalue weighted by Gasteiger charge is -2.17. The van der Waals surface area contributed by atoms with Gasteiger partial charge in [-0.3, -0.25) is 5.32 Å². The van der Waals surface area contributed by atoms with Crippen LogP contribution < -0.4 is 5.32 Å². The lowest BCUT2D eigenvalue weighted by molar-refractivity contribution is -0.0161. The molecule has 2 heterocycles. The predicted octanol–water partition coefficient (Wildman–Crippen LogP) is 1.53. The highest BCUT2D eigenvalue weighted by atomic mass is 16.5. The zero-order valence-electron chi connectivity index (χ0n) is 10.9. The van der Waals surface area contributed by atoms with Crippen molar-refractivity contribution in [2.75, 3.05) is 26.4 Å². The maximum absolute atomic E-state index is 8.67. The van der Waals surface area contributed by atoms with Gasteiger partial charge in [-0.2, -0.15) is 0 Å². The van der Waals surface area contributed by atoms with E-state index in [2.05, 4.69) is 12.2 Å². The summed E-state index contributed by atoms with van der Waals surface area (Å²) in [5, 5.41) is 11.5. The third kappa shape index (κ3) is 9.09. The molecule has 2 atom stereocenters. The summed E-state index contributed by atoms with van der Waals surface area (Å²) < 4.78 is 10.1. The molecule has 2 N–H and O–H groups in total. The molecule has 2 fully saturated rings. The van der Waals surface area contributed by atoms with Crippen LogP contribution in [-0.2, 0) is 9.47 Å². The summed E-state index contributed by atoms with van der Waals surface area (Å²) in [6, 6.07) is 0. The SMILES string of the molecule is CC.CC1CCCCO1.OC1COCCN1. The molecule has 0 spiro atoms. The van der Waals surface area contributed by atoms with Gasteiger partial charge in [0.25, 0.3) is 0 Å². The van der Waals surface area contributed by atoms with Crippen LogP contribution >= 0.6 is 0 Å². The number of aliphatic hydroxyl groups is 1. The summed E-state index contributed by atoms with van der Waals surface area (Å²) in [6.07, 6.45) is 3.99. The number of hydrogen-bond donors (Lipinski definition) is 2. The molecule has 98 valence electrons. The van der Waals surface area contributed by atoms with E-state index in [0.717, 1.165) is 19.8 Å². The standard InChI is InChI=1S/C6H12O.C4H9NO2.C2H6/c1-6-4-2-3-5-7-6;6-4-3-7-2-1-5-4;1-2/h6H,2-5H2,1H3;4-6H,1-3H2;1-2H3. The highest BCUT2D eigenvalue weighted by molar-refractivity contribution is 4.56. The highest BCUT2D eigenvalue weighted by Gasteiger charge is 2.06. The summed E-state index contributed by atoms with van der Waals surface area (Å²) in [5.74, 6) is 0. The lowest BCUT2D eigenvalue weighted by Crippen LogP contribution is -2.40. The number of rotatable bonds is 0. The van der Waals surface area contributed by atoms with Gasteiger partial charge in [-0.15, -0.1) is 0 Å². The Hall–Kier alpha value is -0.160. The molecule has 2 aliphatic rings. The average Bonchev–Trinajstić information content (AvgIpc) is 2.34. The van der Waals surface area contributed by atoms with Crippen molar-refractivity contribution in [3.63, 3.8) is 0 Å². The quantitative estimate of drug-likeness (QED) is 0.666. The van der Waals surface area contributed by atoms with Crippen LogP contribution in [0.5, 0.6) is 0 Å². The van der Waals surface area contributed by atoms with E-state index in [1.165, 1.54) is 19.3 Å². The maximum Gasteiger partial charge on any atom is 0.128 e. The number of morpholine rings is 1. The number of hydrogen-bond acceptors (Lipinski definition) is 4. The lowest BCUT2D eigenvalue weighted by atomic mass is 10.1. The molecule has 0 aromatic heterocycles. The van der Waals surface area contributed by atoms with Crippen molar-refractivity contribution in [3.8, 4) is 0 Å². The van der Waals surface area contributed by atoms with Crippen LogP contribution in [0.1, 0.15) is 40.0 Å². The Morgan fingerprint density at radius 2 is 1.94 bits per heavy atom. The first kappa shape index (κ1) is 15.8. The fraction of sp³-hybridized carbons (Fsp3) is 1.00. The monoisotopic (exact) mass is 233 g/mol. The molecule has 2 aliphatic heterocycles. The van der Waals surface area contributed by atoms with Crippen LogP contribution in [0.2, 0.25) is 0 Å². The summed E-state index contributed by atoms with van der Waals surface area (Å²) in [6.45, 7) is 9.04. The molecule has 4 heteroatoms. The zero-order valence-corrected chi connectivity index (χ0v) is 10.9. The first-order chi connectivity index (χ1) is 7.79. The fourth-order valence-corrected chi connectivity index (χ4v) is 1.45. The van der Waals surface area contributed by atoms with Gasteiger partial charge in [0.15, 0.2) is 0 Å². The zero-order chi connectivity index (χ0) is 12.2. The van der Waals surface area contributed by atoms with Crippen LogP contribution in [0.15, 0.2) is 0 Å². The Morgan fingerprint density at radius 3 is 2.19 bits per heavy atom. The molecule has 16 heavy (non-hydrogen) atoms. The van der Waals surface area contributed by atoms with E-state index in [0.29, 0.717) is 12.7 Å². The van der Waals surface area contributed by atoms with E-state index < -0.39 is 6.23 Å². The molecule has 0 aromatic carbocycles. The highest BCUT2D eigenvalue weighted by Crippen LogP contribution is 2.10. The predicted molar refractivity (Wildman–Crippen MR) is 65.4 cm³/mol. The van der Waals surface area contributed by atoms with E-state index in [1.54, 1.807) is 0 Å². The third-order valence-electron chi connectivity index (χ3n) is 2.31. The second kappa shape index (κ2) is 11.3. The Kier molecular flexibility index (Phi) is 11.2. The first-order valence-electron chi connectivity index (χ1n) is 6.40. The van der Waals surface area contributed by atoms with Crippen molar-refractivity contribution in [1.82, 2.24) is 5.32 Å². The Bertz CT molecular complexity index is 116. The normalized spacial score (nSPS) is 29.2. The van der Waals surface area contributed by atoms with Crippen LogP contribution in [0.4, 0.5) is 0 Å². The molecule has 0 amide bonds. The van der Waals surface area contributed by atoms with E-state index in [-0.39, 0.29) is 0 Å². The molecule has 0 bridgehead atoms. The largest absolute Gasteiger partial charge is 0.379 e. The number of nitrogens with one attached hydrogen (secondary N) is 1. The average molecular weight is 233 g/mol. The summed E-state index contributed by atoms with van der Waals surface area (Å²) >= 11 is 0. The van der Waals surface area contributed by atoms with Gasteiger partial charge in [0.1, 0.15) is 6.23 Å². The maximum atomic E-state index is 8.67. The third-order valence-corrected chi connectivity index (χ3v) is 2.31. The molecule has 2 rings (SSSR count). The number of ether oxygens (including phenoxy) is 2. The smallest absolute Gasteiger partial charge is 0.128 e. The molecule has 4 nitrogen and oxygen atoms in total. The molecule has 0 aromatic rings. The van der Waals surface area contributed by atoms with Crippen LogP contribution in [0.3, 0.4) is 0 Å². The second-order valence-corrected chi connectivity index (χ2v) is 3.72. The Balaban J connectivity index is 0.000000244. The van der Waals surface area contributed by atoms with Gasteiger partial charge in [0.05, 0.1) is 19.3 Å². The molecule has 0 aliphatic carbocycles. The number of aliphatic hydroxyl groups excluding tert-OH is 1. The minimum Gasteiger partial charge on any atom is -0.379 e. The topological polar surface area (TPSA) is 50.7 Å². The van der Waals surface area contributed by atoms with Gasteiger partial charge in [-0.25, -0.2) is 0 Å². The van der Waals surface area contributed by atoms with E-state index >= 15 is 0 Å². The van der Waals surface area contributed by atoms with Crippen molar-refractivity contribution in [2.24, 2.45) is 0 Å². The van der Waals surface area contributed by atoms with Crippen molar-refractivity contribution in [1.29, 1.82) is 0 Å². The van der Waals surface area contributed by atoms with Gasteiger partial charge < -0.3 is 14.6 Å². The van der Waals surface area contributed by atoms with E-state index in [1.807, 2.05) is 13.8 Å². The van der Waals surface area contributed by atoms with Crippen LogP contribution in [0.25, 0.3) is 0 Å². The van der Waals surface area contributed by atoms with Crippen molar-refractivity contribution in [2.45, 2.75) is 52.4 Å². The Morgan fingerprint density at radius 1 is 1.19 bits per heavy atom. The van der Waals surface area contributed by atoms with E-state index in [4.69, 9.17) is 14.6 Å². The van der Waals surface area contributed by atoms with Crippen molar-refractivity contribution >= 4 is 0 Å². The van der Waals surface area contributed by atoms with Gasteiger partial charge in [0, 0.05) is 13.2 Å². The Labute approximate surface area is 99.3 Å².